The third-order valence-corrected chi connectivity index (χ3v) is 6.89. The molecular formula is C20H26N4O2S. The highest BCUT2D eigenvalue weighted by atomic mass is 32.1. The molecule has 3 aromatic rings. The van der Waals surface area contributed by atoms with Crippen molar-refractivity contribution < 1.29 is 4.79 Å². The van der Waals surface area contributed by atoms with Crippen molar-refractivity contribution in [1.82, 2.24) is 19.5 Å². The minimum atomic E-state index is -0.212. The Morgan fingerprint density at radius 1 is 1.33 bits per heavy atom. The van der Waals surface area contributed by atoms with E-state index in [4.69, 9.17) is 0 Å². The Kier molecular flexibility index (Phi) is 4.80. The van der Waals surface area contributed by atoms with Crippen molar-refractivity contribution in [3.8, 4) is 0 Å². The number of aryl methyl sites for hydroxylation is 1. The van der Waals surface area contributed by atoms with Crippen molar-refractivity contribution in [2.45, 2.75) is 59.0 Å². The predicted molar refractivity (Wildman–Crippen MR) is 108 cm³/mol. The summed E-state index contributed by atoms with van der Waals surface area (Å²) in [6, 6.07) is 4.10. The largest absolute Gasteiger partial charge is 0.351 e. The molecule has 3 aromatic heterocycles. The van der Waals surface area contributed by atoms with E-state index in [1.807, 2.05) is 28.8 Å². The molecule has 0 radical (unpaired) electrons. The summed E-state index contributed by atoms with van der Waals surface area (Å²) in [5.74, 6) is 1.74. The maximum Gasteiger partial charge on any atom is 0.291 e. The van der Waals surface area contributed by atoms with Crippen molar-refractivity contribution in [3.63, 3.8) is 0 Å². The number of amides is 1. The Bertz CT molecular complexity index is 1050. The molecule has 0 aromatic carbocycles. The molecule has 1 N–H and O–H groups in total. The molecule has 144 valence electrons. The van der Waals surface area contributed by atoms with Crippen molar-refractivity contribution in [2.75, 3.05) is 0 Å². The molecule has 7 heteroatoms. The third-order valence-electron chi connectivity index (χ3n) is 6.03. The number of rotatable bonds is 4. The molecular weight excluding hydrogens is 360 g/mol. The minimum Gasteiger partial charge on any atom is -0.351 e. The topological polar surface area (TPSA) is 68.4 Å². The first kappa shape index (κ1) is 18.2. The quantitative estimate of drug-likeness (QED) is 0.749. The van der Waals surface area contributed by atoms with Gasteiger partial charge in [-0.15, -0.1) is 11.3 Å². The number of hydrogen-bond acceptors (Lipinski definition) is 4. The summed E-state index contributed by atoms with van der Waals surface area (Å²) < 4.78 is 4.31. The van der Waals surface area contributed by atoms with Crippen molar-refractivity contribution in [2.24, 2.45) is 11.8 Å². The molecule has 1 amide bonds. The molecule has 6 nitrogen and oxygen atoms in total. The lowest BCUT2D eigenvalue weighted by molar-refractivity contribution is -0.123. The Morgan fingerprint density at radius 2 is 2.15 bits per heavy atom. The maximum atomic E-state index is 12.9. The van der Waals surface area contributed by atoms with Gasteiger partial charge >= 0.3 is 0 Å². The van der Waals surface area contributed by atoms with E-state index in [1.165, 1.54) is 11.1 Å². The SMILES string of the molecule is CCc1nn(CC(=O)NC2CCCC(C)C2C)c(=O)c2cc3sccc3n12. The van der Waals surface area contributed by atoms with Crippen LogP contribution in [0.25, 0.3) is 15.7 Å². The van der Waals surface area contributed by atoms with Crippen molar-refractivity contribution in [1.29, 1.82) is 0 Å². The average molecular weight is 387 g/mol. The van der Waals surface area contributed by atoms with Crippen molar-refractivity contribution >= 4 is 33.0 Å². The molecule has 0 saturated heterocycles. The number of aromatic nitrogens is 3. The molecule has 27 heavy (non-hydrogen) atoms. The lowest BCUT2D eigenvalue weighted by Crippen LogP contribution is -2.46. The van der Waals surface area contributed by atoms with Gasteiger partial charge in [-0.25, -0.2) is 4.68 Å². The Hall–Kier alpha value is -2.15. The normalized spacial score (nSPS) is 23.1. The zero-order chi connectivity index (χ0) is 19.1. The summed E-state index contributed by atoms with van der Waals surface area (Å²) in [5.41, 5.74) is 1.39. The summed E-state index contributed by atoms with van der Waals surface area (Å²) in [6.07, 6.45) is 4.06. The highest BCUT2D eigenvalue weighted by molar-refractivity contribution is 7.17. The van der Waals surface area contributed by atoms with E-state index in [9.17, 15) is 9.59 Å². The molecule has 3 atom stereocenters. The first-order chi connectivity index (χ1) is 13.0. The summed E-state index contributed by atoms with van der Waals surface area (Å²) in [4.78, 5) is 25.5. The molecule has 1 fully saturated rings. The van der Waals surface area contributed by atoms with Crippen LogP contribution in [0.15, 0.2) is 22.3 Å². The number of thiophene rings is 1. The van der Waals surface area contributed by atoms with Crippen LogP contribution in [0, 0.1) is 11.8 Å². The van der Waals surface area contributed by atoms with E-state index < -0.39 is 0 Å². The summed E-state index contributed by atoms with van der Waals surface area (Å²) in [5, 5.41) is 9.65. The summed E-state index contributed by atoms with van der Waals surface area (Å²) in [6.45, 7) is 6.43. The van der Waals surface area contributed by atoms with Gasteiger partial charge < -0.3 is 5.32 Å². The lowest BCUT2D eigenvalue weighted by Gasteiger charge is -2.34. The number of hydrogen-bond donors (Lipinski definition) is 1. The van der Waals surface area contributed by atoms with Gasteiger partial charge in [-0.05, 0) is 35.8 Å². The van der Waals surface area contributed by atoms with E-state index in [2.05, 4.69) is 24.3 Å². The van der Waals surface area contributed by atoms with Crippen LogP contribution in [0.1, 0.15) is 45.9 Å². The molecule has 1 aliphatic rings. The standard InChI is InChI=1S/C20H26N4O2S/c1-4-18-22-23(11-19(25)21-14-7-5-6-12(2)13(14)3)20(26)16-10-17-15(24(16)18)8-9-27-17/h8-10,12-14H,4-7,11H2,1-3H3,(H,21,25). The fourth-order valence-corrected chi connectivity index (χ4v) is 5.04. The maximum absolute atomic E-state index is 12.9. The predicted octanol–water partition coefficient (Wildman–Crippen LogP) is 3.21. The fraction of sp³-hybridized carbons (Fsp3) is 0.550. The van der Waals surface area contributed by atoms with Crippen molar-refractivity contribution in [3.05, 3.63) is 33.7 Å². The zero-order valence-electron chi connectivity index (χ0n) is 16.1. The van der Waals surface area contributed by atoms with Crippen LogP contribution in [0.3, 0.4) is 0 Å². The van der Waals surface area contributed by atoms with Gasteiger partial charge in [0.1, 0.15) is 17.9 Å². The Labute approximate surface area is 162 Å². The number of nitrogens with zero attached hydrogens (tertiary/aromatic N) is 3. The minimum absolute atomic E-state index is 0.0290. The molecule has 0 spiro atoms. The van der Waals surface area contributed by atoms with Crippen LogP contribution in [0.5, 0.6) is 0 Å². The molecule has 0 aliphatic heterocycles. The van der Waals surface area contributed by atoms with Gasteiger partial charge in [-0.3, -0.25) is 14.0 Å². The highest BCUT2D eigenvalue weighted by Crippen LogP contribution is 2.29. The number of nitrogens with one attached hydrogen (secondary N) is 1. The molecule has 3 unspecified atom stereocenters. The third kappa shape index (κ3) is 3.18. The van der Waals surface area contributed by atoms with E-state index in [0.717, 1.165) is 28.9 Å². The molecule has 3 heterocycles. The number of fused-ring (bicyclic) bond motifs is 3. The smallest absolute Gasteiger partial charge is 0.291 e. The van der Waals surface area contributed by atoms with E-state index in [0.29, 0.717) is 23.8 Å². The zero-order valence-corrected chi connectivity index (χ0v) is 16.9. The first-order valence-electron chi connectivity index (χ1n) is 9.77. The van der Waals surface area contributed by atoms with Crippen LogP contribution in [-0.4, -0.2) is 26.1 Å². The number of carbonyl (C=O) groups excluding carboxylic acids is 1. The summed E-state index contributed by atoms with van der Waals surface area (Å²) in [7, 11) is 0. The molecule has 1 aliphatic carbocycles. The average Bonchev–Trinajstić information content (AvgIpc) is 3.23. The van der Waals surface area contributed by atoms with Gasteiger partial charge in [-0.2, -0.15) is 5.10 Å². The van der Waals surface area contributed by atoms with Crippen LogP contribution in [-0.2, 0) is 17.8 Å². The van der Waals surface area contributed by atoms with Gasteiger partial charge in [-0.1, -0.05) is 33.6 Å². The highest BCUT2D eigenvalue weighted by Gasteiger charge is 2.28. The van der Waals surface area contributed by atoms with Gasteiger partial charge in [0, 0.05) is 12.5 Å². The second-order valence-electron chi connectivity index (χ2n) is 7.71. The molecule has 0 bridgehead atoms. The summed E-state index contributed by atoms with van der Waals surface area (Å²) >= 11 is 1.61. The number of carbonyl (C=O) groups is 1. The second-order valence-corrected chi connectivity index (χ2v) is 8.66. The Balaban J connectivity index is 1.63. The first-order valence-corrected chi connectivity index (χ1v) is 10.7. The second kappa shape index (κ2) is 7.11. The monoisotopic (exact) mass is 386 g/mol. The van der Waals surface area contributed by atoms with E-state index in [1.54, 1.807) is 11.3 Å². The lowest BCUT2D eigenvalue weighted by atomic mass is 9.78. The fourth-order valence-electron chi connectivity index (χ4n) is 4.23. The van der Waals surface area contributed by atoms with Crippen LogP contribution in [0.2, 0.25) is 0 Å². The molecule has 4 rings (SSSR count). The van der Waals surface area contributed by atoms with Gasteiger partial charge in [0.05, 0.1) is 10.2 Å². The van der Waals surface area contributed by atoms with Gasteiger partial charge in [0.25, 0.3) is 5.56 Å². The Morgan fingerprint density at radius 3 is 2.93 bits per heavy atom. The van der Waals surface area contributed by atoms with Crippen LogP contribution < -0.4 is 10.9 Å². The van der Waals surface area contributed by atoms with Crippen LogP contribution >= 0.6 is 11.3 Å². The van der Waals surface area contributed by atoms with E-state index >= 15 is 0 Å². The van der Waals surface area contributed by atoms with E-state index in [-0.39, 0.29) is 24.1 Å². The van der Waals surface area contributed by atoms with Crippen LogP contribution in [0.4, 0.5) is 0 Å². The van der Waals surface area contributed by atoms with Gasteiger partial charge in [0.2, 0.25) is 5.91 Å². The van der Waals surface area contributed by atoms with Gasteiger partial charge in [0.15, 0.2) is 0 Å². The molecule has 1 saturated carbocycles.